The molecule has 0 aliphatic carbocycles. The molecule has 0 bridgehead atoms. The topological polar surface area (TPSA) is 32.7 Å². The molecule has 3 nitrogen and oxygen atoms in total. The number of hydrogen-bond acceptors (Lipinski definition) is 5. The third-order valence-electron chi connectivity index (χ3n) is 11.0. The summed E-state index contributed by atoms with van der Waals surface area (Å²) < 4.78 is 6.61. The van der Waals surface area contributed by atoms with Crippen LogP contribution in [0.2, 0.25) is 0 Å². The van der Waals surface area contributed by atoms with Crippen molar-refractivity contribution < 1.29 is 9.84 Å². The van der Waals surface area contributed by atoms with Crippen molar-refractivity contribution in [1.29, 1.82) is 0 Å². The van der Waals surface area contributed by atoms with Crippen LogP contribution in [0.3, 0.4) is 0 Å². The Kier molecular flexibility index (Phi) is 13.7. The minimum atomic E-state index is -0.166. The summed E-state index contributed by atoms with van der Waals surface area (Å²) in [5.74, 6) is 1.54. The van der Waals surface area contributed by atoms with Gasteiger partial charge in [-0.1, -0.05) is 95.2 Å². The van der Waals surface area contributed by atoms with E-state index < -0.39 is 0 Å². The van der Waals surface area contributed by atoms with Crippen LogP contribution in [0.4, 0.5) is 5.69 Å². The summed E-state index contributed by atoms with van der Waals surface area (Å²) >= 11 is 3.84. The molecule has 0 saturated carbocycles. The molecule has 0 aliphatic rings. The molecule has 3 aromatic carbocycles. The molecule has 0 saturated heterocycles. The Morgan fingerprint density at radius 1 is 0.600 bits per heavy atom. The predicted octanol–water partition coefficient (Wildman–Crippen LogP) is 13.5. The monoisotopic (exact) mass is 719 g/mol. The van der Waals surface area contributed by atoms with Crippen LogP contribution in [0.1, 0.15) is 150 Å². The van der Waals surface area contributed by atoms with E-state index in [-0.39, 0.29) is 25.7 Å². The number of aromatic hydroxyl groups is 1. The summed E-state index contributed by atoms with van der Waals surface area (Å²) in [7, 11) is 4.15. The van der Waals surface area contributed by atoms with Crippen LogP contribution in [-0.4, -0.2) is 29.9 Å². The molecule has 0 radical (unpaired) electrons. The molecule has 5 heteroatoms. The number of phenols is 1. The van der Waals surface area contributed by atoms with Gasteiger partial charge in [-0.15, -0.1) is 23.5 Å². The average Bonchev–Trinajstić information content (AvgIpc) is 3.04. The number of nitrogens with zero attached hydrogens (tertiary/aromatic N) is 1. The fourth-order valence-corrected chi connectivity index (χ4v) is 9.19. The second-order valence-corrected chi connectivity index (χ2v) is 21.2. The highest BCUT2D eigenvalue weighted by molar-refractivity contribution is 8.18. The van der Waals surface area contributed by atoms with Crippen molar-refractivity contribution in [2.45, 2.75) is 165 Å². The van der Waals surface area contributed by atoms with Crippen LogP contribution in [0.25, 0.3) is 0 Å². The van der Waals surface area contributed by atoms with Gasteiger partial charge in [0.05, 0.1) is 10.7 Å². The summed E-state index contributed by atoms with van der Waals surface area (Å²) in [6.45, 7) is 32.7. The van der Waals surface area contributed by atoms with E-state index >= 15 is 0 Å². The van der Waals surface area contributed by atoms with Gasteiger partial charge in [-0.3, -0.25) is 0 Å². The van der Waals surface area contributed by atoms with E-state index in [1.54, 1.807) is 0 Å². The standard InChI is InChI=1S/C45H69NO2S2/c1-17-44(13,18-2)35-27-33(28-36(39(35)47)45(14,19-3)20-4)49-43(11,12)50-34-29-37(41(5,6)7)40(38(30-34)42(8,9)10)48-26-25-31-21-23-32(24-22-31)46(15)16/h21-24,27-30,47H,17-20,25-26H2,1-16H3. The van der Waals surface area contributed by atoms with Crippen LogP contribution >= 0.6 is 23.5 Å². The average molecular weight is 720 g/mol. The number of anilines is 1. The Labute approximate surface area is 315 Å². The first kappa shape index (κ1) is 42.2. The highest BCUT2D eigenvalue weighted by Crippen LogP contribution is 2.52. The Bertz CT molecular complexity index is 1490. The van der Waals surface area contributed by atoms with Gasteiger partial charge in [0.25, 0.3) is 0 Å². The van der Waals surface area contributed by atoms with Crippen LogP contribution in [0, 0.1) is 0 Å². The van der Waals surface area contributed by atoms with E-state index in [0.29, 0.717) is 12.4 Å². The van der Waals surface area contributed by atoms with E-state index in [4.69, 9.17) is 4.74 Å². The van der Waals surface area contributed by atoms with Gasteiger partial charge in [-0.25, -0.2) is 0 Å². The maximum absolute atomic E-state index is 11.8. The van der Waals surface area contributed by atoms with Crippen molar-refractivity contribution in [2.75, 3.05) is 25.6 Å². The Morgan fingerprint density at radius 2 is 0.980 bits per heavy atom. The molecule has 0 amide bonds. The van der Waals surface area contributed by atoms with Crippen molar-refractivity contribution in [3.8, 4) is 11.5 Å². The number of phenolic OH excluding ortho intramolecular Hbond substituents is 1. The molecule has 3 aromatic rings. The number of hydrogen-bond donors (Lipinski definition) is 1. The van der Waals surface area contributed by atoms with Gasteiger partial charge in [0.2, 0.25) is 0 Å². The maximum atomic E-state index is 11.8. The van der Waals surface area contributed by atoms with Crippen molar-refractivity contribution in [2.24, 2.45) is 0 Å². The van der Waals surface area contributed by atoms with E-state index in [1.807, 2.05) is 23.5 Å². The molecule has 0 spiro atoms. The van der Waals surface area contributed by atoms with Crippen molar-refractivity contribution in [3.05, 3.63) is 76.3 Å². The minimum absolute atomic E-state index is 0.0796. The molecule has 3 rings (SSSR count). The first-order valence-electron chi connectivity index (χ1n) is 18.9. The molecule has 1 N–H and O–H groups in total. The molecule has 0 unspecified atom stereocenters. The smallest absolute Gasteiger partial charge is 0.126 e. The van der Waals surface area contributed by atoms with Crippen LogP contribution in [0.5, 0.6) is 11.5 Å². The fraction of sp³-hybridized carbons (Fsp3) is 0.600. The molecule has 0 aliphatic heterocycles. The predicted molar refractivity (Wildman–Crippen MR) is 224 cm³/mol. The van der Waals surface area contributed by atoms with Gasteiger partial charge in [-0.2, -0.15) is 0 Å². The molecule has 0 heterocycles. The number of thioether (sulfide) groups is 2. The SMILES string of the molecule is CCC(C)(CC)c1cc(SC(C)(C)Sc2cc(C(C)(C)C)c(OCCc3ccc(N(C)C)cc3)c(C(C)(C)C)c2)cc(C(C)(CC)CC)c1O. The van der Waals surface area contributed by atoms with Gasteiger partial charge in [0, 0.05) is 58.2 Å². The summed E-state index contributed by atoms with van der Waals surface area (Å²) in [5, 5.41) is 11.8. The van der Waals surface area contributed by atoms with Gasteiger partial charge < -0.3 is 14.7 Å². The van der Waals surface area contributed by atoms with Gasteiger partial charge >= 0.3 is 0 Å². The van der Waals surface area contributed by atoms with Gasteiger partial charge in [0.1, 0.15) is 11.5 Å². The molecule has 50 heavy (non-hydrogen) atoms. The van der Waals surface area contributed by atoms with E-state index in [9.17, 15) is 5.11 Å². The fourth-order valence-electron chi connectivity index (χ4n) is 6.60. The maximum Gasteiger partial charge on any atom is 0.126 e. The van der Waals surface area contributed by atoms with Gasteiger partial charge in [0.15, 0.2) is 0 Å². The lowest BCUT2D eigenvalue weighted by Crippen LogP contribution is -2.24. The van der Waals surface area contributed by atoms with E-state index in [1.165, 1.54) is 32.2 Å². The van der Waals surface area contributed by atoms with Crippen molar-refractivity contribution in [1.82, 2.24) is 0 Å². The summed E-state index contributed by atoms with van der Waals surface area (Å²) in [4.78, 5) is 4.63. The van der Waals surface area contributed by atoms with Crippen LogP contribution in [0.15, 0.2) is 58.3 Å². The lowest BCUT2D eigenvalue weighted by atomic mass is 9.72. The summed E-state index contributed by atoms with van der Waals surface area (Å²) in [6.07, 6.45) is 4.81. The zero-order valence-electron chi connectivity index (χ0n) is 34.5. The zero-order valence-corrected chi connectivity index (χ0v) is 36.1. The van der Waals surface area contributed by atoms with Crippen LogP contribution in [-0.2, 0) is 28.1 Å². The summed E-state index contributed by atoms with van der Waals surface area (Å²) in [5.41, 5.74) is 6.86. The second-order valence-electron chi connectivity index (χ2n) is 17.5. The Morgan fingerprint density at radius 3 is 1.32 bits per heavy atom. The molecular formula is C45H69NO2S2. The third-order valence-corrected chi connectivity index (χ3v) is 13.4. The molecule has 0 atom stereocenters. The number of ether oxygens (including phenoxy) is 1. The highest BCUT2D eigenvalue weighted by atomic mass is 32.2. The van der Waals surface area contributed by atoms with Crippen molar-refractivity contribution in [3.63, 3.8) is 0 Å². The minimum Gasteiger partial charge on any atom is -0.507 e. The highest BCUT2D eigenvalue weighted by Gasteiger charge is 2.35. The van der Waals surface area contributed by atoms with Crippen LogP contribution < -0.4 is 9.64 Å². The second kappa shape index (κ2) is 16.2. The van der Waals surface area contributed by atoms with E-state index in [0.717, 1.165) is 49.0 Å². The molecule has 0 aromatic heterocycles. The first-order valence-corrected chi connectivity index (χ1v) is 20.5. The Balaban J connectivity index is 2.04. The lowest BCUT2D eigenvalue weighted by Gasteiger charge is -2.35. The first-order chi connectivity index (χ1) is 23.0. The zero-order chi connectivity index (χ0) is 37.9. The normalized spacial score (nSPS) is 13.1. The van der Waals surface area contributed by atoms with E-state index in [2.05, 4.69) is 164 Å². The van der Waals surface area contributed by atoms with Crippen molar-refractivity contribution >= 4 is 29.2 Å². The molecule has 278 valence electrons. The van der Waals surface area contributed by atoms with Gasteiger partial charge in [-0.05, 0) is 103 Å². The number of rotatable bonds is 15. The molecular weight excluding hydrogens is 651 g/mol. The summed E-state index contributed by atoms with van der Waals surface area (Å²) in [6, 6.07) is 18.1. The Hall–Kier alpha value is -2.24. The largest absolute Gasteiger partial charge is 0.507 e. The lowest BCUT2D eigenvalue weighted by molar-refractivity contribution is 0.303. The molecule has 0 fully saturated rings. The number of benzene rings is 3. The quantitative estimate of drug-likeness (QED) is 0.125. The third kappa shape index (κ3) is 10.00.